The van der Waals surface area contributed by atoms with Gasteiger partial charge in [0.1, 0.15) is 0 Å². The van der Waals surface area contributed by atoms with E-state index in [4.69, 9.17) is 5.26 Å². The number of hydrogen-bond donors (Lipinski definition) is 1. The molecule has 1 amide bonds. The zero-order valence-corrected chi connectivity index (χ0v) is 12.1. The van der Waals surface area contributed by atoms with Crippen LogP contribution in [0.25, 0.3) is 0 Å². The average Bonchev–Trinajstić information content (AvgIpc) is 3.28. The molecule has 1 aliphatic carbocycles. The second kappa shape index (κ2) is 6.53. The summed E-state index contributed by atoms with van der Waals surface area (Å²) in [6.45, 7) is 5.94. The minimum atomic E-state index is -0.128. The lowest BCUT2D eigenvalue weighted by atomic mass is 10.2. The molecule has 0 spiro atoms. The van der Waals surface area contributed by atoms with Gasteiger partial charge in [-0.05, 0) is 56.5 Å². The largest absolute Gasteiger partial charge is 0.325 e. The quantitative estimate of drug-likeness (QED) is 0.865. The number of amides is 1. The molecule has 2 rings (SSSR count). The van der Waals surface area contributed by atoms with E-state index < -0.39 is 0 Å². The lowest BCUT2D eigenvalue weighted by molar-refractivity contribution is -0.120. The van der Waals surface area contributed by atoms with Crippen molar-refractivity contribution in [1.82, 2.24) is 4.90 Å². The van der Waals surface area contributed by atoms with E-state index in [0.29, 0.717) is 5.56 Å². The van der Waals surface area contributed by atoms with E-state index in [1.54, 1.807) is 24.3 Å². The zero-order valence-electron chi connectivity index (χ0n) is 12.1. The summed E-state index contributed by atoms with van der Waals surface area (Å²) in [4.78, 5) is 14.5. The topological polar surface area (TPSA) is 56.1 Å². The Balaban J connectivity index is 1.93. The van der Waals surface area contributed by atoms with Gasteiger partial charge in [0.15, 0.2) is 0 Å². The Hall–Kier alpha value is -1.86. The molecule has 0 bridgehead atoms. The Morgan fingerprint density at radius 2 is 2.10 bits per heavy atom. The molecule has 1 saturated carbocycles. The van der Waals surface area contributed by atoms with Crippen LogP contribution in [0.15, 0.2) is 24.3 Å². The molecule has 20 heavy (non-hydrogen) atoms. The van der Waals surface area contributed by atoms with Crippen LogP contribution in [0, 0.1) is 17.2 Å². The highest BCUT2D eigenvalue weighted by Gasteiger charge is 2.28. The minimum Gasteiger partial charge on any atom is -0.325 e. The molecule has 4 nitrogen and oxygen atoms in total. The van der Waals surface area contributed by atoms with Crippen molar-refractivity contribution in [2.75, 3.05) is 18.4 Å². The fourth-order valence-corrected chi connectivity index (χ4v) is 2.23. The second-order valence-electron chi connectivity index (χ2n) is 5.39. The summed E-state index contributed by atoms with van der Waals surface area (Å²) in [7, 11) is 0. The van der Waals surface area contributed by atoms with Gasteiger partial charge >= 0.3 is 0 Å². The van der Waals surface area contributed by atoms with E-state index >= 15 is 0 Å². The molecule has 1 aliphatic rings. The third kappa shape index (κ3) is 3.82. The van der Waals surface area contributed by atoms with Gasteiger partial charge < -0.3 is 5.32 Å². The predicted octanol–water partition coefficient (Wildman–Crippen LogP) is 2.62. The van der Waals surface area contributed by atoms with Gasteiger partial charge in [-0.3, -0.25) is 9.69 Å². The minimum absolute atomic E-state index is 0.0113. The number of rotatable bonds is 6. The summed E-state index contributed by atoms with van der Waals surface area (Å²) in [5, 5.41) is 11.7. The number of nitrogens with zero attached hydrogens (tertiary/aromatic N) is 2. The standard InChI is InChI=1S/C16H21N3O/c1-3-19(11-14-4-5-14)12(2)16(20)18-15-8-6-13(10-17)7-9-15/h6-9,12,14H,3-5,11H2,1-2H3,(H,18,20). The number of hydrogen-bond acceptors (Lipinski definition) is 3. The van der Waals surface area contributed by atoms with Crippen LogP contribution in [0.4, 0.5) is 5.69 Å². The molecule has 0 heterocycles. The number of nitrogens with one attached hydrogen (secondary N) is 1. The monoisotopic (exact) mass is 271 g/mol. The maximum Gasteiger partial charge on any atom is 0.241 e. The van der Waals surface area contributed by atoms with E-state index in [1.165, 1.54) is 12.8 Å². The molecule has 1 N–H and O–H groups in total. The van der Waals surface area contributed by atoms with Gasteiger partial charge in [-0.25, -0.2) is 0 Å². The van der Waals surface area contributed by atoms with Gasteiger partial charge in [0.2, 0.25) is 5.91 Å². The highest BCUT2D eigenvalue weighted by molar-refractivity contribution is 5.94. The van der Waals surface area contributed by atoms with Gasteiger partial charge in [0, 0.05) is 12.2 Å². The van der Waals surface area contributed by atoms with E-state index in [-0.39, 0.29) is 11.9 Å². The van der Waals surface area contributed by atoms with E-state index in [2.05, 4.69) is 23.2 Å². The fraction of sp³-hybridized carbons (Fsp3) is 0.500. The molecule has 1 unspecified atom stereocenters. The van der Waals surface area contributed by atoms with Crippen molar-refractivity contribution in [1.29, 1.82) is 5.26 Å². The molecular formula is C16H21N3O. The number of carbonyl (C=O) groups excluding carboxylic acids is 1. The molecule has 0 aromatic heterocycles. The Kier molecular flexibility index (Phi) is 4.75. The molecule has 106 valence electrons. The van der Waals surface area contributed by atoms with Gasteiger partial charge in [-0.1, -0.05) is 6.92 Å². The summed E-state index contributed by atoms with van der Waals surface area (Å²) in [6.07, 6.45) is 2.58. The Morgan fingerprint density at radius 3 is 2.60 bits per heavy atom. The molecule has 4 heteroatoms. The van der Waals surface area contributed by atoms with Crippen molar-refractivity contribution in [3.05, 3.63) is 29.8 Å². The average molecular weight is 271 g/mol. The number of nitriles is 1. The van der Waals surface area contributed by atoms with Gasteiger partial charge in [-0.2, -0.15) is 5.26 Å². The van der Waals surface area contributed by atoms with Crippen LogP contribution in [0.1, 0.15) is 32.3 Å². The molecule has 0 aliphatic heterocycles. The van der Waals surface area contributed by atoms with Crippen molar-refractivity contribution in [2.45, 2.75) is 32.7 Å². The van der Waals surface area contributed by atoms with Crippen molar-refractivity contribution in [3.63, 3.8) is 0 Å². The van der Waals surface area contributed by atoms with E-state index in [0.717, 1.165) is 24.7 Å². The number of anilines is 1. The SMILES string of the molecule is CCN(CC1CC1)C(C)C(=O)Nc1ccc(C#N)cc1. The summed E-state index contributed by atoms with van der Waals surface area (Å²) < 4.78 is 0. The van der Waals surface area contributed by atoms with Crippen LogP contribution in [-0.2, 0) is 4.79 Å². The Morgan fingerprint density at radius 1 is 1.45 bits per heavy atom. The smallest absolute Gasteiger partial charge is 0.241 e. The van der Waals surface area contributed by atoms with Gasteiger partial charge in [0.25, 0.3) is 0 Å². The lowest BCUT2D eigenvalue weighted by Crippen LogP contribution is -2.43. The highest BCUT2D eigenvalue weighted by atomic mass is 16.2. The number of likely N-dealkylation sites (N-methyl/N-ethyl adjacent to an activating group) is 1. The Bertz CT molecular complexity index is 499. The van der Waals surface area contributed by atoms with Crippen LogP contribution < -0.4 is 5.32 Å². The van der Waals surface area contributed by atoms with Crippen molar-refractivity contribution in [2.24, 2.45) is 5.92 Å². The first kappa shape index (κ1) is 14.5. The third-order valence-electron chi connectivity index (χ3n) is 3.80. The fourth-order valence-electron chi connectivity index (χ4n) is 2.23. The maximum atomic E-state index is 12.3. The first-order valence-corrected chi connectivity index (χ1v) is 7.19. The maximum absolute atomic E-state index is 12.3. The van der Waals surface area contributed by atoms with Crippen molar-refractivity contribution >= 4 is 11.6 Å². The normalized spacial score (nSPS) is 15.7. The molecule has 1 aromatic rings. The first-order chi connectivity index (χ1) is 9.63. The van der Waals surface area contributed by atoms with Crippen molar-refractivity contribution in [3.8, 4) is 6.07 Å². The number of carbonyl (C=O) groups is 1. The van der Waals surface area contributed by atoms with E-state index in [1.807, 2.05) is 6.92 Å². The van der Waals surface area contributed by atoms with Crippen LogP contribution in [0.5, 0.6) is 0 Å². The molecule has 0 saturated heterocycles. The van der Waals surface area contributed by atoms with Crippen LogP contribution in [0.3, 0.4) is 0 Å². The predicted molar refractivity (Wildman–Crippen MR) is 79.2 cm³/mol. The molecule has 0 radical (unpaired) electrons. The summed E-state index contributed by atoms with van der Waals surface area (Å²) in [5.41, 5.74) is 1.34. The zero-order chi connectivity index (χ0) is 14.5. The lowest BCUT2D eigenvalue weighted by Gasteiger charge is -2.26. The second-order valence-corrected chi connectivity index (χ2v) is 5.39. The summed E-state index contributed by atoms with van der Waals surface area (Å²) >= 11 is 0. The van der Waals surface area contributed by atoms with Gasteiger partial charge in [-0.15, -0.1) is 0 Å². The molecule has 1 atom stereocenters. The van der Waals surface area contributed by atoms with E-state index in [9.17, 15) is 4.79 Å². The highest BCUT2D eigenvalue weighted by Crippen LogP contribution is 2.30. The number of benzene rings is 1. The summed E-state index contributed by atoms with van der Waals surface area (Å²) in [6, 6.07) is 8.89. The molecular weight excluding hydrogens is 250 g/mol. The van der Waals surface area contributed by atoms with Crippen LogP contribution in [-0.4, -0.2) is 29.9 Å². The molecule has 1 fully saturated rings. The first-order valence-electron chi connectivity index (χ1n) is 7.19. The Labute approximate surface area is 120 Å². The van der Waals surface area contributed by atoms with Gasteiger partial charge in [0.05, 0.1) is 17.7 Å². The van der Waals surface area contributed by atoms with Crippen LogP contribution >= 0.6 is 0 Å². The third-order valence-corrected chi connectivity index (χ3v) is 3.80. The van der Waals surface area contributed by atoms with Crippen LogP contribution in [0.2, 0.25) is 0 Å². The molecule has 1 aromatic carbocycles. The van der Waals surface area contributed by atoms with Crippen molar-refractivity contribution < 1.29 is 4.79 Å². The summed E-state index contributed by atoms with van der Waals surface area (Å²) in [5.74, 6) is 0.789.